The molecule has 1 aromatic heterocycles. The van der Waals surface area contributed by atoms with Gasteiger partial charge in [-0.15, -0.1) is 0 Å². The number of hydrogen-bond acceptors (Lipinski definition) is 5. The fourth-order valence-corrected chi connectivity index (χ4v) is 4.53. The number of ether oxygens (including phenoxy) is 2. The SMILES string of the molecule is CCn1c([C@@H](C)NS(=O)(=O)c2ccc(OC)c(OC)c2)nc2ccc(C(F)(F)F)cc21. The number of fused-ring (bicyclic) bond motifs is 1. The first-order valence-corrected chi connectivity index (χ1v) is 10.8. The van der Waals surface area contributed by atoms with Gasteiger partial charge in [0.25, 0.3) is 0 Å². The molecule has 1 N–H and O–H groups in total. The fourth-order valence-electron chi connectivity index (χ4n) is 3.32. The second-order valence-corrected chi connectivity index (χ2v) is 8.49. The van der Waals surface area contributed by atoms with Gasteiger partial charge in [-0.25, -0.2) is 18.1 Å². The van der Waals surface area contributed by atoms with Gasteiger partial charge in [0, 0.05) is 12.6 Å². The van der Waals surface area contributed by atoms with Crippen molar-refractivity contribution in [3.05, 3.63) is 47.8 Å². The van der Waals surface area contributed by atoms with E-state index in [1.165, 1.54) is 38.5 Å². The standard InChI is InChI=1S/C20H22F3N3O4S/c1-5-26-16-10-13(20(21,22)23)6-8-15(16)24-19(26)12(2)25-31(27,28)14-7-9-17(29-3)18(11-14)30-4/h6-12,25H,5H2,1-4H3/t12-/m1/s1. The molecule has 0 saturated heterocycles. The average Bonchev–Trinajstić information content (AvgIpc) is 3.10. The van der Waals surface area contributed by atoms with Crippen molar-refractivity contribution in [3.63, 3.8) is 0 Å². The first-order valence-electron chi connectivity index (χ1n) is 9.33. The molecule has 0 radical (unpaired) electrons. The summed E-state index contributed by atoms with van der Waals surface area (Å²) in [6.07, 6.45) is -4.49. The monoisotopic (exact) mass is 457 g/mol. The highest BCUT2D eigenvalue weighted by atomic mass is 32.2. The Labute approximate surface area is 177 Å². The number of nitrogens with zero attached hydrogens (tertiary/aromatic N) is 2. The van der Waals surface area contributed by atoms with Crippen LogP contribution < -0.4 is 14.2 Å². The van der Waals surface area contributed by atoms with Gasteiger partial charge in [-0.2, -0.15) is 13.2 Å². The summed E-state index contributed by atoms with van der Waals surface area (Å²) in [5.41, 5.74) is -0.161. The highest BCUT2D eigenvalue weighted by molar-refractivity contribution is 7.89. The third-order valence-electron chi connectivity index (χ3n) is 4.81. The smallest absolute Gasteiger partial charge is 0.416 e. The summed E-state index contributed by atoms with van der Waals surface area (Å²) in [7, 11) is -1.15. The van der Waals surface area contributed by atoms with Crippen LogP contribution in [0.4, 0.5) is 13.2 Å². The van der Waals surface area contributed by atoms with Crippen LogP contribution in [0, 0.1) is 0 Å². The molecular formula is C20H22F3N3O4S. The van der Waals surface area contributed by atoms with Gasteiger partial charge in [-0.05, 0) is 44.2 Å². The van der Waals surface area contributed by atoms with E-state index in [1.807, 2.05) is 0 Å². The quantitative estimate of drug-likeness (QED) is 0.577. The fraction of sp³-hybridized carbons (Fsp3) is 0.350. The van der Waals surface area contributed by atoms with E-state index >= 15 is 0 Å². The van der Waals surface area contributed by atoms with Crippen LogP contribution >= 0.6 is 0 Å². The maximum absolute atomic E-state index is 13.1. The van der Waals surface area contributed by atoms with Crippen molar-refractivity contribution >= 4 is 21.1 Å². The van der Waals surface area contributed by atoms with E-state index in [-0.39, 0.29) is 16.2 Å². The summed E-state index contributed by atoms with van der Waals surface area (Å²) in [5.74, 6) is 0.933. The Hall–Kier alpha value is -2.79. The van der Waals surface area contributed by atoms with E-state index < -0.39 is 27.8 Å². The minimum atomic E-state index is -4.49. The van der Waals surface area contributed by atoms with E-state index in [9.17, 15) is 21.6 Å². The zero-order chi connectivity index (χ0) is 23.0. The van der Waals surface area contributed by atoms with E-state index in [4.69, 9.17) is 9.47 Å². The topological polar surface area (TPSA) is 82.5 Å². The number of rotatable bonds is 7. The highest BCUT2D eigenvalue weighted by Gasteiger charge is 2.31. The van der Waals surface area contributed by atoms with Gasteiger partial charge in [0.2, 0.25) is 10.0 Å². The van der Waals surface area contributed by atoms with Gasteiger partial charge < -0.3 is 14.0 Å². The Bertz CT molecular complexity index is 1210. The molecule has 0 saturated carbocycles. The summed E-state index contributed by atoms with van der Waals surface area (Å²) in [6.45, 7) is 3.65. The molecule has 3 rings (SSSR count). The van der Waals surface area contributed by atoms with Crippen LogP contribution in [0.2, 0.25) is 0 Å². The number of aryl methyl sites for hydroxylation is 1. The number of nitrogens with one attached hydrogen (secondary N) is 1. The number of methoxy groups -OCH3 is 2. The Morgan fingerprint density at radius 3 is 2.35 bits per heavy atom. The van der Waals surface area contributed by atoms with Crippen LogP contribution in [-0.2, 0) is 22.7 Å². The molecule has 0 amide bonds. The van der Waals surface area contributed by atoms with Crippen LogP contribution in [-0.4, -0.2) is 32.2 Å². The number of aromatic nitrogens is 2. The summed E-state index contributed by atoms with van der Waals surface area (Å²) < 4.78 is 79.4. The number of benzene rings is 2. The van der Waals surface area contributed by atoms with Crippen LogP contribution in [0.1, 0.15) is 31.3 Å². The zero-order valence-corrected chi connectivity index (χ0v) is 18.1. The largest absolute Gasteiger partial charge is 0.493 e. The average molecular weight is 457 g/mol. The molecule has 11 heteroatoms. The number of hydrogen-bond donors (Lipinski definition) is 1. The lowest BCUT2D eigenvalue weighted by Crippen LogP contribution is -2.29. The van der Waals surface area contributed by atoms with Crippen LogP contribution in [0.15, 0.2) is 41.3 Å². The zero-order valence-electron chi connectivity index (χ0n) is 17.3. The molecule has 31 heavy (non-hydrogen) atoms. The van der Waals surface area contributed by atoms with Gasteiger partial charge in [0.1, 0.15) is 5.82 Å². The van der Waals surface area contributed by atoms with Crippen molar-refractivity contribution in [1.29, 1.82) is 0 Å². The third kappa shape index (κ3) is 4.47. The lowest BCUT2D eigenvalue weighted by atomic mass is 10.2. The summed E-state index contributed by atoms with van der Waals surface area (Å²) in [6, 6.07) is 6.62. The Kier molecular flexibility index (Phi) is 6.19. The van der Waals surface area contributed by atoms with E-state index in [0.29, 0.717) is 23.6 Å². The summed E-state index contributed by atoms with van der Waals surface area (Å²) >= 11 is 0. The Morgan fingerprint density at radius 1 is 1.10 bits per heavy atom. The number of alkyl halides is 3. The van der Waals surface area contributed by atoms with Crippen LogP contribution in [0.3, 0.4) is 0 Å². The van der Waals surface area contributed by atoms with Crippen molar-refractivity contribution in [1.82, 2.24) is 14.3 Å². The number of halogens is 3. The molecule has 0 aliphatic heterocycles. The third-order valence-corrected chi connectivity index (χ3v) is 6.34. The molecule has 1 atom stereocenters. The Morgan fingerprint density at radius 2 is 1.77 bits per heavy atom. The van der Waals surface area contributed by atoms with Crippen molar-refractivity contribution in [3.8, 4) is 11.5 Å². The van der Waals surface area contributed by atoms with Gasteiger partial charge in [-0.1, -0.05) is 0 Å². The molecule has 0 aliphatic rings. The molecule has 0 bridgehead atoms. The lowest BCUT2D eigenvalue weighted by molar-refractivity contribution is -0.137. The van der Waals surface area contributed by atoms with E-state index in [2.05, 4.69) is 9.71 Å². The van der Waals surface area contributed by atoms with Crippen LogP contribution in [0.5, 0.6) is 11.5 Å². The summed E-state index contributed by atoms with van der Waals surface area (Å²) in [5, 5.41) is 0. The minimum absolute atomic E-state index is 0.0458. The lowest BCUT2D eigenvalue weighted by Gasteiger charge is -2.16. The maximum atomic E-state index is 13.1. The number of imidazole rings is 1. The number of sulfonamides is 1. The molecule has 0 spiro atoms. The van der Waals surface area contributed by atoms with Crippen molar-refractivity contribution in [2.75, 3.05) is 14.2 Å². The second kappa shape index (κ2) is 8.39. The normalized spacial score (nSPS) is 13.4. The van der Waals surface area contributed by atoms with Crippen molar-refractivity contribution in [2.24, 2.45) is 0 Å². The molecular weight excluding hydrogens is 435 g/mol. The van der Waals surface area contributed by atoms with Crippen LogP contribution in [0.25, 0.3) is 11.0 Å². The molecule has 1 heterocycles. The van der Waals surface area contributed by atoms with Crippen molar-refractivity contribution < 1.29 is 31.1 Å². The molecule has 168 valence electrons. The molecule has 2 aromatic carbocycles. The molecule has 3 aromatic rings. The van der Waals surface area contributed by atoms with Gasteiger partial charge >= 0.3 is 6.18 Å². The van der Waals surface area contributed by atoms with Crippen molar-refractivity contribution in [2.45, 2.75) is 37.5 Å². The predicted molar refractivity (Wildman–Crippen MR) is 109 cm³/mol. The van der Waals surface area contributed by atoms with E-state index in [1.54, 1.807) is 18.4 Å². The molecule has 0 fully saturated rings. The summed E-state index contributed by atoms with van der Waals surface area (Å²) in [4.78, 5) is 4.32. The van der Waals surface area contributed by atoms with E-state index in [0.717, 1.165) is 12.1 Å². The van der Waals surface area contributed by atoms with Gasteiger partial charge in [0.15, 0.2) is 11.5 Å². The molecule has 7 nitrogen and oxygen atoms in total. The molecule has 0 aliphatic carbocycles. The highest BCUT2D eigenvalue weighted by Crippen LogP contribution is 2.33. The van der Waals surface area contributed by atoms with Gasteiger partial charge in [0.05, 0.1) is 41.8 Å². The first kappa shape index (κ1) is 22.9. The second-order valence-electron chi connectivity index (χ2n) is 6.78. The Balaban J connectivity index is 1.98. The predicted octanol–water partition coefficient (Wildman–Crippen LogP) is 4.13. The maximum Gasteiger partial charge on any atom is 0.416 e. The first-order chi connectivity index (χ1) is 14.5. The van der Waals surface area contributed by atoms with Gasteiger partial charge in [-0.3, -0.25) is 0 Å². The minimum Gasteiger partial charge on any atom is -0.493 e. The molecule has 0 unspecified atom stereocenters.